The predicted molar refractivity (Wildman–Crippen MR) is 68.9 cm³/mol. The van der Waals surface area contributed by atoms with Crippen LogP contribution in [0.5, 0.6) is 0 Å². The van der Waals surface area contributed by atoms with Gasteiger partial charge in [0.15, 0.2) is 0 Å². The summed E-state index contributed by atoms with van der Waals surface area (Å²) >= 11 is 0. The van der Waals surface area contributed by atoms with Crippen molar-refractivity contribution >= 4 is 22.8 Å². The van der Waals surface area contributed by atoms with E-state index in [2.05, 4.69) is 5.32 Å². The van der Waals surface area contributed by atoms with Crippen molar-refractivity contribution < 1.29 is 18.9 Å². The summed E-state index contributed by atoms with van der Waals surface area (Å²) in [5.74, 6) is 0.0828. The maximum absolute atomic E-state index is 11.8. The second kappa shape index (κ2) is 6.17. The van der Waals surface area contributed by atoms with Crippen LogP contribution in [0.4, 0.5) is 4.79 Å². The zero-order chi connectivity index (χ0) is 13.8. The molecule has 0 saturated carbocycles. The van der Waals surface area contributed by atoms with E-state index in [1.165, 1.54) is 0 Å². The number of nitrogens with one attached hydrogen (secondary N) is 1. The molecule has 1 heterocycles. The van der Waals surface area contributed by atoms with Crippen molar-refractivity contribution in [1.29, 1.82) is 0 Å². The van der Waals surface area contributed by atoms with Gasteiger partial charge < -0.3 is 15.3 Å². The Morgan fingerprint density at radius 1 is 1.39 bits per heavy atom. The summed E-state index contributed by atoms with van der Waals surface area (Å²) in [7, 11) is -0.823. The molecular formula is C11H20N2O4S. The summed E-state index contributed by atoms with van der Waals surface area (Å²) in [4.78, 5) is 24.5. The first-order valence-corrected chi connectivity index (χ1v) is 7.49. The van der Waals surface area contributed by atoms with Gasteiger partial charge in [-0.05, 0) is 13.3 Å². The van der Waals surface area contributed by atoms with Crippen molar-refractivity contribution in [3.8, 4) is 0 Å². The average molecular weight is 276 g/mol. The first kappa shape index (κ1) is 14.9. The number of amides is 2. The number of carboxylic acids is 1. The monoisotopic (exact) mass is 276 g/mol. The lowest BCUT2D eigenvalue weighted by Crippen LogP contribution is -2.50. The molecule has 0 bridgehead atoms. The summed E-state index contributed by atoms with van der Waals surface area (Å²) in [6.07, 6.45) is 0.451. The topological polar surface area (TPSA) is 86.7 Å². The minimum atomic E-state index is -0.936. The minimum absolute atomic E-state index is 0.108. The molecule has 0 aliphatic carbocycles. The molecular weight excluding hydrogens is 256 g/mol. The highest BCUT2D eigenvalue weighted by Gasteiger charge is 2.32. The Bertz CT molecular complexity index is 351. The molecule has 18 heavy (non-hydrogen) atoms. The van der Waals surface area contributed by atoms with Crippen LogP contribution in [0.2, 0.25) is 0 Å². The van der Waals surface area contributed by atoms with Gasteiger partial charge in [0.2, 0.25) is 0 Å². The Kier molecular flexibility index (Phi) is 5.13. The Morgan fingerprint density at radius 3 is 2.39 bits per heavy atom. The van der Waals surface area contributed by atoms with Crippen LogP contribution in [0.15, 0.2) is 0 Å². The van der Waals surface area contributed by atoms with Crippen molar-refractivity contribution in [1.82, 2.24) is 10.2 Å². The fourth-order valence-electron chi connectivity index (χ4n) is 1.58. The van der Waals surface area contributed by atoms with Crippen molar-refractivity contribution in [3.63, 3.8) is 0 Å². The Hall–Kier alpha value is -1.11. The Morgan fingerprint density at radius 2 is 1.94 bits per heavy atom. The van der Waals surface area contributed by atoms with Gasteiger partial charge in [-0.15, -0.1) is 0 Å². The highest BCUT2D eigenvalue weighted by atomic mass is 32.2. The van der Waals surface area contributed by atoms with E-state index in [4.69, 9.17) is 5.11 Å². The van der Waals surface area contributed by atoms with E-state index in [-0.39, 0.29) is 12.6 Å². The van der Waals surface area contributed by atoms with Gasteiger partial charge in [0.1, 0.15) is 0 Å². The maximum atomic E-state index is 11.8. The fourth-order valence-corrected chi connectivity index (χ4v) is 2.63. The molecule has 1 aliphatic heterocycles. The smallest absolute Gasteiger partial charge is 0.317 e. The number of nitrogens with zero attached hydrogens (tertiary/aromatic N) is 1. The standard InChI is InChI=1S/C11H20N2O4S/c1-3-11(2,9(14)15)8-12-10(16)13-4-6-18(17)7-5-13/h3-8H2,1-2H3,(H,12,16)(H,14,15). The average Bonchev–Trinajstić information content (AvgIpc) is 2.36. The Balaban J connectivity index is 2.45. The van der Waals surface area contributed by atoms with Gasteiger partial charge >= 0.3 is 12.0 Å². The number of carbonyl (C=O) groups excluding carboxylic acids is 1. The molecule has 6 nitrogen and oxygen atoms in total. The lowest BCUT2D eigenvalue weighted by Gasteiger charge is -2.29. The van der Waals surface area contributed by atoms with Crippen LogP contribution in [0.3, 0.4) is 0 Å². The molecule has 0 radical (unpaired) electrons. The summed E-state index contributed by atoms with van der Waals surface area (Å²) in [5, 5.41) is 11.7. The van der Waals surface area contributed by atoms with Crippen LogP contribution in [-0.2, 0) is 15.6 Å². The number of rotatable bonds is 4. The van der Waals surface area contributed by atoms with Gasteiger partial charge in [-0.2, -0.15) is 0 Å². The van der Waals surface area contributed by atoms with E-state index in [1.807, 2.05) is 0 Å². The molecule has 2 N–H and O–H groups in total. The molecule has 1 aliphatic rings. The van der Waals surface area contributed by atoms with Crippen LogP contribution < -0.4 is 5.32 Å². The van der Waals surface area contributed by atoms with Gasteiger partial charge in [-0.3, -0.25) is 9.00 Å². The zero-order valence-electron chi connectivity index (χ0n) is 10.8. The van der Waals surface area contributed by atoms with Gasteiger partial charge in [-0.25, -0.2) is 4.79 Å². The first-order chi connectivity index (χ1) is 8.39. The van der Waals surface area contributed by atoms with Gasteiger partial charge in [-0.1, -0.05) is 6.92 Å². The second-order valence-corrected chi connectivity index (χ2v) is 6.41. The van der Waals surface area contributed by atoms with Crippen molar-refractivity contribution in [2.75, 3.05) is 31.1 Å². The highest BCUT2D eigenvalue weighted by Crippen LogP contribution is 2.20. The number of carbonyl (C=O) groups is 2. The van der Waals surface area contributed by atoms with Crippen molar-refractivity contribution in [2.24, 2.45) is 5.41 Å². The van der Waals surface area contributed by atoms with E-state index in [0.29, 0.717) is 31.0 Å². The van der Waals surface area contributed by atoms with Crippen molar-refractivity contribution in [3.05, 3.63) is 0 Å². The summed E-state index contributed by atoms with van der Waals surface area (Å²) in [6.45, 7) is 4.44. The normalized spacial score (nSPS) is 20.2. The third-order valence-electron chi connectivity index (χ3n) is 3.39. The molecule has 1 fully saturated rings. The molecule has 7 heteroatoms. The summed E-state index contributed by atoms with van der Waals surface area (Å²) in [5.41, 5.74) is -0.936. The largest absolute Gasteiger partial charge is 0.481 e. The fraction of sp³-hybridized carbons (Fsp3) is 0.818. The van der Waals surface area contributed by atoms with Gasteiger partial charge in [0.25, 0.3) is 0 Å². The number of carboxylic acid groups (broad SMARTS) is 1. The SMILES string of the molecule is CCC(C)(CNC(=O)N1CCS(=O)CC1)C(=O)O. The second-order valence-electron chi connectivity index (χ2n) is 4.71. The van der Waals surface area contributed by atoms with Crippen LogP contribution >= 0.6 is 0 Å². The minimum Gasteiger partial charge on any atom is -0.481 e. The molecule has 1 unspecified atom stereocenters. The quantitative estimate of drug-likeness (QED) is 0.771. The number of urea groups is 1. The summed E-state index contributed by atoms with van der Waals surface area (Å²) < 4.78 is 11.2. The summed E-state index contributed by atoms with van der Waals surface area (Å²) in [6, 6.07) is -0.271. The van der Waals surface area contributed by atoms with Gasteiger partial charge in [0.05, 0.1) is 5.41 Å². The van der Waals surface area contributed by atoms with Crippen LogP contribution in [-0.4, -0.2) is 57.4 Å². The van der Waals surface area contributed by atoms with Crippen LogP contribution in [0, 0.1) is 5.41 Å². The van der Waals surface area contributed by atoms with Gasteiger partial charge in [0, 0.05) is 41.9 Å². The molecule has 1 saturated heterocycles. The van der Waals surface area contributed by atoms with E-state index >= 15 is 0 Å². The lowest BCUT2D eigenvalue weighted by atomic mass is 9.88. The molecule has 0 aromatic carbocycles. The zero-order valence-corrected chi connectivity index (χ0v) is 11.6. The predicted octanol–water partition coefficient (Wildman–Crippen LogP) is 0.261. The molecule has 0 aromatic rings. The molecule has 1 atom stereocenters. The molecule has 0 aromatic heterocycles. The third-order valence-corrected chi connectivity index (χ3v) is 4.67. The van der Waals surface area contributed by atoms with Crippen LogP contribution in [0.25, 0.3) is 0 Å². The van der Waals surface area contributed by atoms with E-state index in [1.54, 1.807) is 18.7 Å². The third kappa shape index (κ3) is 3.69. The molecule has 104 valence electrons. The number of hydrogen-bond acceptors (Lipinski definition) is 3. The maximum Gasteiger partial charge on any atom is 0.317 e. The van der Waals surface area contributed by atoms with E-state index in [9.17, 15) is 13.8 Å². The number of hydrogen-bond donors (Lipinski definition) is 2. The van der Waals surface area contributed by atoms with Crippen LogP contribution in [0.1, 0.15) is 20.3 Å². The highest BCUT2D eigenvalue weighted by molar-refractivity contribution is 7.85. The molecule has 2 amide bonds. The Labute approximate surface area is 109 Å². The first-order valence-electron chi connectivity index (χ1n) is 6.00. The van der Waals surface area contributed by atoms with E-state index in [0.717, 1.165) is 0 Å². The van der Waals surface area contributed by atoms with E-state index < -0.39 is 22.2 Å². The number of aliphatic carboxylic acids is 1. The van der Waals surface area contributed by atoms with Crippen molar-refractivity contribution in [2.45, 2.75) is 20.3 Å². The molecule has 0 spiro atoms. The lowest BCUT2D eigenvalue weighted by molar-refractivity contribution is -0.147. The molecule has 1 rings (SSSR count).